The van der Waals surface area contributed by atoms with E-state index in [1.807, 2.05) is 28.8 Å². The molecule has 198 valence electrons. The molecule has 0 spiro atoms. The Morgan fingerprint density at radius 3 is 1.70 bits per heavy atom. The molecule has 0 saturated carbocycles. The highest BCUT2D eigenvalue weighted by Crippen LogP contribution is 2.58. The number of hydrogen-bond donors (Lipinski definition) is 0. The van der Waals surface area contributed by atoms with Crippen LogP contribution in [0.25, 0.3) is 82.8 Å². The quantitative estimate of drug-likeness (QED) is 0.222. The third-order valence-corrected chi connectivity index (χ3v) is 8.80. The topological polar surface area (TPSA) is 41.6 Å². The van der Waals surface area contributed by atoms with Crippen LogP contribution in [0.4, 0.5) is 0 Å². The molecule has 3 heteroatoms. The van der Waals surface area contributed by atoms with E-state index in [9.17, 15) is 5.26 Å². The van der Waals surface area contributed by atoms with Gasteiger partial charge in [-0.25, -0.2) is 4.98 Å². The molecule has 8 aromatic rings. The summed E-state index contributed by atoms with van der Waals surface area (Å²) >= 11 is 0. The number of benzene rings is 7. The molecule has 0 radical (unpaired) electrons. The molecular weight excluding hydrogens is 522 g/mol. The maximum Gasteiger partial charge on any atom is 0.218 e. The number of nitrogens with zero attached hydrogens (tertiary/aromatic N) is 3. The lowest BCUT2D eigenvalue weighted by atomic mass is 9.82. The zero-order valence-electron chi connectivity index (χ0n) is 23.1. The largest absolute Gasteiger partial charge is 0.283 e. The van der Waals surface area contributed by atoms with Crippen LogP contribution in [0.2, 0.25) is 0 Å². The van der Waals surface area contributed by atoms with Gasteiger partial charge in [-0.15, -0.1) is 0 Å². The number of para-hydroxylation sites is 2. The zero-order chi connectivity index (χ0) is 28.5. The number of aromatic nitrogens is 2. The van der Waals surface area contributed by atoms with Crippen molar-refractivity contribution in [1.82, 2.24) is 9.55 Å². The fourth-order valence-corrected chi connectivity index (χ4v) is 7.13. The molecule has 0 atom stereocenters. The normalized spacial score (nSPS) is 11.7. The summed E-state index contributed by atoms with van der Waals surface area (Å²) < 4.78 is 2.01. The number of hydrogen-bond acceptors (Lipinski definition) is 2. The molecule has 7 aromatic carbocycles. The van der Waals surface area contributed by atoms with Gasteiger partial charge in [0.2, 0.25) is 5.82 Å². The van der Waals surface area contributed by atoms with Gasteiger partial charge in [-0.05, 0) is 78.9 Å². The lowest BCUT2D eigenvalue weighted by molar-refractivity contribution is 1.06. The lowest BCUT2D eigenvalue weighted by Gasteiger charge is -2.20. The van der Waals surface area contributed by atoms with E-state index < -0.39 is 0 Å². The Hall–Kier alpha value is -5.98. The summed E-state index contributed by atoms with van der Waals surface area (Å²) in [5.41, 5.74) is 12.6. The van der Waals surface area contributed by atoms with Gasteiger partial charge in [0.15, 0.2) is 0 Å². The van der Waals surface area contributed by atoms with Crippen molar-refractivity contribution in [3.8, 4) is 56.3 Å². The Kier molecular flexibility index (Phi) is 4.97. The smallest absolute Gasteiger partial charge is 0.218 e. The van der Waals surface area contributed by atoms with Gasteiger partial charge >= 0.3 is 0 Å². The zero-order valence-corrected chi connectivity index (χ0v) is 23.1. The number of rotatable bonds is 3. The second-order valence-corrected chi connectivity index (χ2v) is 11.0. The first kappa shape index (κ1) is 23.7. The summed E-state index contributed by atoms with van der Waals surface area (Å²) in [6.07, 6.45) is 0. The summed E-state index contributed by atoms with van der Waals surface area (Å²) in [7, 11) is 0. The van der Waals surface area contributed by atoms with Gasteiger partial charge in [0.25, 0.3) is 0 Å². The summed E-state index contributed by atoms with van der Waals surface area (Å²) in [6, 6.07) is 51.6. The molecule has 9 rings (SSSR count). The third kappa shape index (κ3) is 3.26. The minimum atomic E-state index is 0.387. The molecule has 1 heterocycles. The van der Waals surface area contributed by atoms with Crippen LogP contribution in [0.3, 0.4) is 0 Å². The van der Waals surface area contributed by atoms with Crippen molar-refractivity contribution in [3.63, 3.8) is 0 Å². The second-order valence-electron chi connectivity index (χ2n) is 11.0. The van der Waals surface area contributed by atoms with E-state index in [1.165, 1.54) is 60.7 Å². The molecular formula is C40H23N3. The standard InChI is InChI=1S/C40H23N3/c41-24-35-42-32-20-9-10-21-34(32)43(35)33-23-22-31-38-29(33)18-11-19-30(38)39-36(25-12-3-1-4-13-25)27-16-7-8-17-28(27)37(40(31)39)26-14-5-2-6-15-26/h1-23H. The highest BCUT2D eigenvalue weighted by atomic mass is 15.1. The van der Waals surface area contributed by atoms with Crippen LogP contribution in [0.5, 0.6) is 0 Å². The van der Waals surface area contributed by atoms with E-state index in [0.29, 0.717) is 5.82 Å². The van der Waals surface area contributed by atoms with Crippen molar-refractivity contribution in [2.24, 2.45) is 0 Å². The van der Waals surface area contributed by atoms with Crippen LogP contribution in [-0.2, 0) is 0 Å². The van der Waals surface area contributed by atoms with Crippen LogP contribution >= 0.6 is 0 Å². The van der Waals surface area contributed by atoms with Crippen LogP contribution < -0.4 is 0 Å². The predicted molar refractivity (Wildman–Crippen MR) is 176 cm³/mol. The first-order chi connectivity index (χ1) is 21.3. The van der Waals surface area contributed by atoms with Gasteiger partial charge in [0.05, 0.1) is 16.7 Å². The first-order valence-electron chi connectivity index (χ1n) is 14.5. The van der Waals surface area contributed by atoms with Crippen molar-refractivity contribution in [3.05, 3.63) is 145 Å². The molecule has 1 aromatic heterocycles. The molecule has 1 aliphatic carbocycles. The molecule has 43 heavy (non-hydrogen) atoms. The van der Waals surface area contributed by atoms with Crippen LogP contribution in [0, 0.1) is 11.3 Å². The van der Waals surface area contributed by atoms with Crippen molar-refractivity contribution in [2.75, 3.05) is 0 Å². The predicted octanol–water partition coefficient (Wildman–Crippen LogP) is 10.2. The number of nitriles is 1. The van der Waals surface area contributed by atoms with Gasteiger partial charge in [0, 0.05) is 5.39 Å². The van der Waals surface area contributed by atoms with E-state index >= 15 is 0 Å². The molecule has 0 N–H and O–H groups in total. The molecule has 1 aliphatic rings. The van der Waals surface area contributed by atoms with Gasteiger partial charge in [0.1, 0.15) is 6.07 Å². The summed E-state index contributed by atoms with van der Waals surface area (Å²) in [5.74, 6) is 0.387. The van der Waals surface area contributed by atoms with Crippen LogP contribution in [0.15, 0.2) is 140 Å². The summed E-state index contributed by atoms with van der Waals surface area (Å²) in [4.78, 5) is 4.66. The third-order valence-electron chi connectivity index (χ3n) is 8.80. The minimum Gasteiger partial charge on any atom is -0.283 e. The minimum absolute atomic E-state index is 0.387. The lowest BCUT2D eigenvalue weighted by Crippen LogP contribution is -1.99. The maximum absolute atomic E-state index is 10.1. The van der Waals surface area contributed by atoms with Crippen molar-refractivity contribution in [1.29, 1.82) is 5.26 Å². The van der Waals surface area contributed by atoms with E-state index in [2.05, 4.69) is 126 Å². The van der Waals surface area contributed by atoms with Gasteiger partial charge in [-0.2, -0.15) is 5.26 Å². The number of imidazole rings is 1. The highest BCUT2D eigenvalue weighted by molar-refractivity contribution is 6.28. The molecule has 0 unspecified atom stereocenters. The average Bonchev–Trinajstić information content (AvgIpc) is 3.61. The average molecular weight is 546 g/mol. The second kappa shape index (κ2) is 9.01. The molecule has 3 nitrogen and oxygen atoms in total. The van der Waals surface area contributed by atoms with E-state index in [1.54, 1.807) is 0 Å². The Labute approximate surface area is 248 Å². The van der Waals surface area contributed by atoms with Crippen LogP contribution in [0.1, 0.15) is 5.82 Å². The molecule has 0 saturated heterocycles. The molecule has 0 fully saturated rings. The fraction of sp³-hybridized carbons (Fsp3) is 0. The van der Waals surface area contributed by atoms with Gasteiger partial charge < -0.3 is 0 Å². The Balaban J connectivity index is 1.47. The highest BCUT2D eigenvalue weighted by Gasteiger charge is 2.31. The molecule has 0 amide bonds. The molecule has 0 bridgehead atoms. The first-order valence-corrected chi connectivity index (χ1v) is 14.5. The SMILES string of the molecule is N#Cc1nc2ccccc2n1-c1ccc2c3c(cccc13)-c1c-2c(-c2ccccc2)c2ccccc2c1-c1ccccc1. The molecule has 0 aliphatic heterocycles. The maximum atomic E-state index is 10.1. The summed E-state index contributed by atoms with van der Waals surface area (Å²) in [6.45, 7) is 0. The van der Waals surface area contributed by atoms with E-state index in [4.69, 9.17) is 0 Å². The summed E-state index contributed by atoms with van der Waals surface area (Å²) in [5, 5.41) is 14.9. The Bertz CT molecular complexity index is 2350. The van der Waals surface area contributed by atoms with Crippen molar-refractivity contribution in [2.45, 2.75) is 0 Å². The fourth-order valence-electron chi connectivity index (χ4n) is 7.13. The van der Waals surface area contributed by atoms with Crippen LogP contribution in [-0.4, -0.2) is 9.55 Å². The number of fused-ring (bicyclic) bond motifs is 5. The Morgan fingerprint density at radius 1 is 0.488 bits per heavy atom. The monoisotopic (exact) mass is 545 g/mol. The Morgan fingerprint density at radius 2 is 1.05 bits per heavy atom. The van der Waals surface area contributed by atoms with Gasteiger partial charge in [-0.1, -0.05) is 121 Å². The van der Waals surface area contributed by atoms with Crippen molar-refractivity contribution >= 4 is 32.6 Å². The van der Waals surface area contributed by atoms with Gasteiger partial charge in [-0.3, -0.25) is 4.57 Å². The van der Waals surface area contributed by atoms with Crippen molar-refractivity contribution < 1.29 is 0 Å². The van der Waals surface area contributed by atoms with E-state index in [0.717, 1.165) is 22.1 Å². The van der Waals surface area contributed by atoms with E-state index in [-0.39, 0.29) is 0 Å².